The van der Waals surface area contributed by atoms with Crippen molar-refractivity contribution in [3.8, 4) is 11.4 Å². The Morgan fingerprint density at radius 1 is 0.615 bits per heavy atom. The van der Waals surface area contributed by atoms with Crippen molar-refractivity contribution in [2.24, 2.45) is 0 Å². The first-order valence-corrected chi connectivity index (χ1v) is 35.1. The third kappa shape index (κ3) is 24.7. The number of carbonyl (C=O) groups is 2. The van der Waals surface area contributed by atoms with E-state index in [9.17, 15) is 37.3 Å². The molecule has 17 nitrogen and oxygen atoms in total. The smallest absolute Gasteiger partial charge is 1.00 e. The van der Waals surface area contributed by atoms with Crippen molar-refractivity contribution >= 4 is 160 Å². The molecule has 1 fully saturated rings. The zero-order chi connectivity index (χ0) is 74.6. The molecule has 0 spiro atoms. The van der Waals surface area contributed by atoms with Crippen LogP contribution in [0, 0.1) is 51.6 Å². The summed E-state index contributed by atoms with van der Waals surface area (Å²) < 4.78 is 108. The third-order valence-corrected chi connectivity index (χ3v) is 17.0. The van der Waals surface area contributed by atoms with Crippen molar-refractivity contribution in [1.29, 1.82) is 0 Å². The van der Waals surface area contributed by atoms with Crippen molar-refractivity contribution < 1.29 is 72.0 Å². The first kappa shape index (κ1) is 89.2. The fourth-order valence-electron chi connectivity index (χ4n) is 9.41. The molecule has 13 rings (SSSR count). The largest absolute Gasteiger partial charge is 2.00 e. The minimum Gasteiger partial charge on any atom is -1.00 e. The number of esters is 2. The maximum atomic E-state index is 15.1. The van der Waals surface area contributed by atoms with E-state index in [1.54, 1.807) is 107 Å². The van der Waals surface area contributed by atoms with Crippen molar-refractivity contribution in [2.75, 3.05) is 26.4 Å². The van der Waals surface area contributed by atoms with Gasteiger partial charge in [-0.3, -0.25) is 30.7 Å². The molecule has 12 aromatic rings. The Labute approximate surface area is 661 Å². The number of aryl methyl sites for hydroxylation is 3. The Morgan fingerprint density at radius 3 is 1.64 bits per heavy atom. The molecule has 0 radical (unpaired) electrons. The van der Waals surface area contributed by atoms with E-state index in [0.717, 1.165) is 90.9 Å². The summed E-state index contributed by atoms with van der Waals surface area (Å²) in [5.74, 6) is -5.03. The zero-order valence-corrected chi connectivity index (χ0v) is 66.1. The van der Waals surface area contributed by atoms with Gasteiger partial charge in [-0.05, 0) is 129 Å². The Balaban J connectivity index is 0.000000274. The summed E-state index contributed by atoms with van der Waals surface area (Å²) >= 11 is 31.0. The monoisotopic (exact) mass is 1690 g/mol. The van der Waals surface area contributed by atoms with Crippen LogP contribution in [-0.4, -0.2) is 110 Å². The van der Waals surface area contributed by atoms with E-state index in [-0.39, 0.29) is 106 Å². The van der Waals surface area contributed by atoms with Crippen molar-refractivity contribution in [2.45, 2.75) is 101 Å². The first-order chi connectivity index (χ1) is 49.0. The molecular weight excluding hydrogens is 1620 g/mol. The van der Waals surface area contributed by atoms with Crippen LogP contribution in [0.15, 0.2) is 185 Å². The SMILES string of the molecule is C1CCOC1.CCCn1cc(-n2cc(Sc3cccc(C(=O)OCC)c3F)c3ccc(Cl)c(F)c32)cn1.CCCn1cc(-n2ccc3ccc(Cl)c(F)c32)cn1.CCCn1cc(Br)cn1.CCOC(=O)c1cccc(S)c1F.Fc1c(Cl)ccc2cc[nH]c12.O=[N+]([O-])c1cccc(Cl)c1F.[Br-].[CH-]=C.[Mg+2]. The molecule has 6 aromatic heterocycles. The van der Waals surface area contributed by atoms with Gasteiger partial charge < -0.3 is 51.9 Å². The fourth-order valence-corrected chi connectivity index (χ4v) is 11.6. The number of H-pyrrole nitrogens is 1. The average Bonchev–Trinajstić information content (AvgIpc) is 1.61. The minimum atomic E-state index is -0.987. The van der Waals surface area contributed by atoms with Crippen LogP contribution >= 0.6 is 86.7 Å². The maximum Gasteiger partial charge on any atom is 2.00 e. The van der Waals surface area contributed by atoms with Gasteiger partial charge in [0.25, 0.3) is 0 Å². The van der Waals surface area contributed by atoms with E-state index in [2.05, 4.69) is 80.6 Å². The van der Waals surface area contributed by atoms with Crippen LogP contribution in [-0.2, 0) is 33.8 Å². The van der Waals surface area contributed by atoms with Crippen LogP contribution in [0.25, 0.3) is 44.1 Å². The van der Waals surface area contributed by atoms with Crippen molar-refractivity contribution in [1.82, 2.24) is 43.5 Å². The molecule has 0 saturated carbocycles. The Bertz CT molecular complexity index is 4750. The predicted molar refractivity (Wildman–Crippen MR) is 402 cm³/mol. The van der Waals surface area contributed by atoms with E-state index >= 15 is 8.78 Å². The number of halogens is 12. The van der Waals surface area contributed by atoms with Crippen LogP contribution < -0.4 is 17.0 Å². The number of benzene rings is 6. The van der Waals surface area contributed by atoms with Gasteiger partial charge in [0.2, 0.25) is 5.82 Å². The van der Waals surface area contributed by atoms with Crippen molar-refractivity contribution in [3.05, 3.63) is 253 Å². The molecule has 104 heavy (non-hydrogen) atoms. The standard InChI is InChI=1S/C23H20ClF2N3O2S.C14H13ClFN3.C9H9FO2S.C8H5ClFN.C6H9BrN2.C6H3ClFNO2.C4H8O.C2H3.BrH.Mg/c1-3-10-28-12-14(11-27-28)29-13-19(15-8-9-17(24)21(26)22(15)29)32-18-7-5-6-16(20(18)25)23(30)31-4-2;1-2-6-18-9-11(8-17-18)19-7-5-10-3-4-12(15)13(16)14(10)19;1-2-12-9(11)6-4-3-5-7(13)8(6)10;9-6-2-1-5-3-4-11-8(5)7(6)10;1-2-3-9-5-6(7)4-8-9;7-4-2-1-3-5(6(4)8)9(10)11;1-2-4-5-3-1;1-2;;/h5-9,11-13H,3-4,10H2,1-2H3;3-5,7-9H,2,6H2,1H3;3-5,13H,2H2,1H3;1-4,11H;4-5H,2-3H2,1H3;1-3H;1-4H2;1H,2H2;1H;/q;;;;;;;-1;;+2/p-1. The summed E-state index contributed by atoms with van der Waals surface area (Å²) in [4.78, 5) is 36.2. The minimum absolute atomic E-state index is 0. The second kappa shape index (κ2) is 45.3. The number of nitrogens with one attached hydrogen (secondary N) is 1. The number of hydrogen-bond acceptors (Lipinski definition) is 12. The molecule has 548 valence electrons. The quantitative estimate of drug-likeness (QED) is 0.0189. The number of nitro groups is 1. The van der Waals surface area contributed by atoms with Gasteiger partial charge in [-0.2, -0.15) is 19.7 Å². The summed E-state index contributed by atoms with van der Waals surface area (Å²) in [5.41, 5.74) is 1.92. The molecular formula is C72H70Br2Cl4F6MgN10O7S2. The van der Waals surface area contributed by atoms with Crippen molar-refractivity contribution in [3.63, 3.8) is 0 Å². The number of hydrogen-bond donors (Lipinski definition) is 2. The molecule has 1 aliphatic rings. The summed E-state index contributed by atoms with van der Waals surface area (Å²) in [5, 5.41) is 25.0. The zero-order valence-electron chi connectivity index (χ0n) is 56.8. The van der Waals surface area contributed by atoms with E-state index in [4.69, 9.17) is 55.9 Å². The van der Waals surface area contributed by atoms with E-state index in [0.29, 0.717) is 27.0 Å². The Morgan fingerprint density at radius 2 is 1.12 bits per heavy atom. The summed E-state index contributed by atoms with van der Waals surface area (Å²) in [6.07, 6.45) is 21.7. The molecule has 0 amide bonds. The number of rotatable bonds is 15. The molecule has 0 aliphatic carbocycles. The average molecular weight is 1690 g/mol. The van der Waals surface area contributed by atoms with Crippen LogP contribution in [0.3, 0.4) is 0 Å². The van der Waals surface area contributed by atoms with Crippen LogP contribution in [0.2, 0.25) is 20.1 Å². The van der Waals surface area contributed by atoms with Gasteiger partial charge in [-0.1, -0.05) is 109 Å². The summed E-state index contributed by atoms with van der Waals surface area (Å²) in [6, 6.07) is 26.1. The molecule has 1 aliphatic heterocycles. The van der Waals surface area contributed by atoms with Gasteiger partial charge in [-0.25, -0.2) is 31.5 Å². The normalized spacial score (nSPS) is 11.0. The summed E-state index contributed by atoms with van der Waals surface area (Å²) in [6.45, 7) is 21.6. The van der Waals surface area contributed by atoms with Gasteiger partial charge in [-0.15, -0.1) is 12.6 Å². The third-order valence-electron chi connectivity index (χ3n) is 14.0. The topological polar surface area (TPSA) is 184 Å². The number of nitro benzene ring substituents is 1. The molecule has 32 heteroatoms. The van der Waals surface area contributed by atoms with E-state index in [1.165, 1.54) is 49.2 Å². The number of fused-ring (bicyclic) bond motifs is 3. The number of carbonyl (C=O) groups excluding carboxylic acids is 2. The number of aromatic nitrogens is 9. The molecule has 7 heterocycles. The van der Waals surface area contributed by atoms with Crippen LogP contribution in [0.1, 0.15) is 87.4 Å². The maximum absolute atomic E-state index is 15.1. The van der Waals surface area contributed by atoms with Gasteiger partial charge in [0.15, 0.2) is 29.1 Å². The molecule has 0 atom stereocenters. The Hall–Kier alpha value is -7.22. The second-order valence-electron chi connectivity index (χ2n) is 21.2. The number of aromatic amines is 1. The van der Waals surface area contributed by atoms with Crippen LogP contribution in [0.5, 0.6) is 0 Å². The molecule has 0 unspecified atom stereocenters. The van der Waals surface area contributed by atoms with Gasteiger partial charge in [0.05, 0.1) is 100 Å². The van der Waals surface area contributed by atoms with E-state index < -0.39 is 51.6 Å². The summed E-state index contributed by atoms with van der Waals surface area (Å²) in [7, 11) is 0. The predicted octanol–water partition coefficient (Wildman–Crippen LogP) is 18.2. The number of thiol groups is 1. The van der Waals surface area contributed by atoms with Gasteiger partial charge in [0.1, 0.15) is 0 Å². The number of nitrogens with zero attached hydrogens (tertiary/aromatic N) is 9. The molecule has 1 saturated heterocycles. The molecule has 1 N–H and O–H groups in total. The fraction of sp³-hybridized carbons (Fsp3) is 0.236. The van der Waals surface area contributed by atoms with E-state index in [1.807, 2.05) is 53.2 Å². The van der Waals surface area contributed by atoms with Gasteiger partial charge >= 0.3 is 40.7 Å². The second-order valence-corrected chi connectivity index (χ2v) is 25.3. The first-order valence-electron chi connectivity index (χ1n) is 31.5. The van der Waals surface area contributed by atoms with Crippen LogP contribution in [0.4, 0.5) is 32.0 Å². The molecule has 6 aromatic carbocycles. The van der Waals surface area contributed by atoms with Gasteiger partial charge in [0, 0.05) is 107 Å². The molecule has 0 bridgehead atoms. The Kier molecular flexibility index (Phi) is 38.9. The number of ether oxygens (including phenoxy) is 3.